The molecule has 0 bridgehead atoms. The zero-order valence-electron chi connectivity index (χ0n) is 12.1. The molecule has 0 aromatic heterocycles. The Morgan fingerprint density at radius 3 is 2.38 bits per heavy atom. The fourth-order valence-electron chi connectivity index (χ4n) is 1.85. The largest absolute Gasteiger partial charge is 0.416 e. The maximum atomic E-state index is 12.5. The van der Waals surface area contributed by atoms with Crippen molar-refractivity contribution in [2.24, 2.45) is 0 Å². The molecule has 2 aromatic rings. The number of carbonyl (C=O) groups excluding carboxylic acids is 1. The van der Waals surface area contributed by atoms with Crippen LogP contribution in [0.1, 0.15) is 11.1 Å². The van der Waals surface area contributed by atoms with Gasteiger partial charge in [0.25, 0.3) is 5.91 Å². The molecule has 0 saturated heterocycles. The second-order valence-electron chi connectivity index (χ2n) is 4.75. The summed E-state index contributed by atoms with van der Waals surface area (Å²) in [7, 11) is 0. The second-order valence-corrected chi connectivity index (χ2v) is 5.19. The van der Waals surface area contributed by atoms with Gasteiger partial charge in [-0.05, 0) is 42.0 Å². The van der Waals surface area contributed by atoms with Crippen LogP contribution < -0.4 is 5.32 Å². The lowest BCUT2D eigenvalue weighted by atomic mass is 10.1. The van der Waals surface area contributed by atoms with E-state index in [-0.39, 0.29) is 5.57 Å². The quantitative estimate of drug-likeness (QED) is 0.632. The molecule has 122 valence electrons. The van der Waals surface area contributed by atoms with Crippen LogP contribution in [0.3, 0.4) is 0 Å². The van der Waals surface area contributed by atoms with Crippen LogP contribution >= 0.6 is 11.6 Å². The predicted octanol–water partition coefficient (Wildman–Crippen LogP) is 4.90. The third-order valence-electron chi connectivity index (χ3n) is 3.00. The van der Waals surface area contributed by atoms with E-state index in [1.807, 2.05) is 0 Å². The molecule has 3 nitrogen and oxygen atoms in total. The number of carbonyl (C=O) groups is 1. The van der Waals surface area contributed by atoms with E-state index in [1.165, 1.54) is 24.3 Å². The van der Waals surface area contributed by atoms with Gasteiger partial charge in [0.05, 0.1) is 5.56 Å². The van der Waals surface area contributed by atoms with Gasteiger partial charge in [0.2, 0.25) is 0 Å². The van der Waals surface area contributed by atoms with Gasteiger partial charge < -0.3 is 5.32 Å². The fourth-order valence-corrected chi connectivity index (χ4v) is 2.04. The SMILES string of the molecule is N#C/C(=C\c1ccc(C(F)(F)F)cc1)C(=O)Nc1cccc(Cl)c1. The maximum Gasteiger partial charge on any atom is 0.416 e. The van der Waals surface area contributed by atoms with Gasteiger partial charge in [-0.15, -0.1) is 0 Å². The standard InChI is InChI=1S/C17H10ClF3N2O/c18-14-2-1-3-15(9-14)23-16(24)12(10-22)8-11-4-6-13(7-5-11)17(19,20)21/h1-9H,(H,23,24)/b12-8+. The Morgan fingerprint density at radius 2 is 1.83 bits per heavy atom. The van der Waals surface area contributed by atoms with E-state index in [0.717, 1.165) is 12.1 Å². The molecule has 1 amide bonds. The molecule has 0 aliphatic heterocycles. The Balaban J connectivity index is 2.19. The minimum absolute atomic E-state index is 0.241. The lowest BCUT2D eigenvalue weighted by Gasteiger charge is -2.07. The Bertz CT molecular complexity index is 821. The number of hydrogen-bond donors (Lipinski definition) is 1. The molecule has 1 N–H and O–H groups in total. The smallest absolute Gasteiger partial charge is 0.321 e. The monoisotopic (exact) mass is 350 g/mol. The summed E-state index contributed by atoms with van der Waals surface area (Å²) in [5, 5.41) is 12.0. The summed E-state index contributed by atoms with van der Waals surface area (Å²) in [5.74, 6) is -0.681. The van der Waals surface area contributed by atoms with E-state index in [0.29, 0.717) is 16.3 Å². The molecule has 0 saturated carbocycles. The number of rotatable bonds is 3. The highest BCUT2D eigenvalue weighted by atomic mass is 35.5. The molecule has 0 fully saturated rings. The first kappa shape index (κ1) is 17.6. The first-order chi connectivity index (χ1) is 11.3. The molecule has 0 aliphatic carbocycles. The Hall–Kier alpha value is -2.78. The molecule has 0 heterocycles. The zero-order valence-corrected chi connectivity index (χ0v) is 12.8. The van der Waals surface area contributed by atoms with Crippen molar-refractivity contribution in [2.45, 2.75) is 6.18 Å². The summed E-state index contributed by atoms with van der Waals surface area (Å²) in [6.45, 7) is 0. The van der Waals surface area contributed by atoms with Crippen LogP contribution in [0.15, 0.2) is 54.1 Å². The Kier molecular flexibility index (Phi) is 5.27. The van der Waals surface area contributed by atoms with Crippen LogP contribution in [-0.2, 0) is 11.0 Å². The van der Waals surface area contributed by atoms with Crippen molar-refractivity contribution in [3.8, 4) is 6.07 Å². The van der Waals surface area contributed by atoms with Crippen molar-refractivity contribution < 1.29 is 18.0 Å². The number of benzene rings is 2. The molecular formula is C17H10ClF3N2O. The Morgan fingerprint density at radius 1 is 1.17 bits per heavy atom. The molecule has 2 aromatic carbocycles. The highest BCUT2D eigenvalue weighted by Crippen LogP contribution is 2.29. The first-order valence-electron chi connectivity index (χ1n) is 6.65. The number of nitrogens with one attached hydrogen (secondary N) is 1. The molecule has 7 heteroatoms. The van der Waals surface area contributed by atoms with Crippen molar-refractivity contribution in [1.29, 1.82) is 5.26 Å². The molecule has 0 radical (unpaired) electrons. The van der Waals surface area contributed by atoms with Gasteiger partial charge in [-0.1, -0.05) is 29.8 Å². The van der Waals surface area contributed by atoms with Crippen LogP contribution in [0.25, 0.3) is 6.08 Å². The number of nitriles is 1. The second kappa shape index (κ2) is 7.20. The molecule has 24 heavy (non-hydrogen) atoms. The minimum atomic E-state index is -4.44. The van der Waals surface area contributed by atoms with E-state index in [2.05, 4.69) is 5.32 Å². The van der Waals surface area contributed by atoms with Gasteiger partial charge in [-0.3, -0.25) is 4.79 Å². The van der Waals surface area contributed by atoms with Crippen molar-refractivity contribution in [2.75, 3.05) is 5.32 Å². The average Bonchev–Trinajstić information content (AvgIpc) is 2.52. The van der Waals surface area contributed by atoms with E-state index >= 15 is 0 Å². The topological polar surface area (TPSA) is 52.9 Å². The van der Waals surface area contributed by atoms with Crippen LogP contribution in [0.5, 0.6) is 0 Å². The van der Waals surface area contributed by atoms with Gasteiger partial charge in [-0.2, -0.15) is 18.4 Å². The summed E-state index contributed by atoms with van der Waals surface area (Å²) in [5.41, 5.74) is -0.335. The maximum absolute atomic E-state index is 12.5. The lowest BCUT2D eigenvalue weighted by Crippen LogP contribution is -2.13. The zero-order chi connectivity index (χ0) is 17.7. The molecule has 0 unspecified atom stereocenters. The van der Waals surface area contributed by atoms with Crippen LogP contribution in [0.4, 0.5) is 18.9 Å². The summed E-state index contributed by atoms with van der Waals surface area (Å²) >= 11 is 5.80. The van der Waals surface area contributed by atoms with Gasteiger partial charge in [0.15, 0.2) is 0 Å². The third-order valence-corrected chi connectivity index (χ3v) is 3.23. The molecule has 0 aliphatic rings. The number of amides is 1. The Labute approximate surface area is 141 Å². The predicted molar refractivity (Wildman–Crippen MR) is 85.1 cm³/mol. The normalized spacial score (nSPS) is 11.7. The van der Waals surface area contributed by atoms with Gasteiger partial charge >= 0.3 is 6.18 Å². The average molecular weight is 351 g/mol. The molecule has 0 atom stereocenters. The van der Waals surface area contributed by atoms with Crippen molar-refractivity contribution >= 4 is 29.3 Å². The van der Waals surface area contributed by atoms with E-state index in [9.17, 15) is 18.0 Å². The summed E-state index contributed by atoms with van der Waals surface area (Å²) in [4.78, 5) is 12.1. The highest BCUT2D eigenvalue weighted by molar-refractivity contribution is 6.31. The van der Waals surface area contributed by atoms with Gasteiger partial charge in [-0.25, -0.2) is 0 Å². The van der Waals surface area contributed by atoms with E-state index in [1.54, 1.807) is 24.3 Å². The first-order valence-corrected chi connectivity index (χ1v) is 7.03. The summed E-state index contributed by atoms with van der Waals surface area (Å²) < 4.78 is 37.5. The lowest BCUT2D eigenvalue weighted by molar-refractivity contribution is -0.137. The fraction of sp³-hybridized carbons (Fsp3) is 0.0588. The summed E-state index contributed by atoms with van der Waals surface area (Å²) in [6.07, 6.45) is -3.23. The van der Waals surface area contributed by atoms with Crippen molar-refractivity contribution in [3.63, 3.8) is 0 Å². The number of hydrogen-bond acceptors (Lipinski definition) is 2. The minimum Gasteiger partial charge on any atom is -0.321 e. The van der Waals surface area contributed by atoms with Gasteiger partial charge in [0.1, 0.15) is 11.6 Å². The third kappa shape index (κ3) is 4.61. The van der Waals surface area contributed by atoms with E-state index < -0.39 is 17.6 Å². The van der Waals surface area contributed by atoms with E-state index in [4.69, 9.17) is 16.9 Å². The van der Waals surface area contributed by atoms with Gasteiger partial charge in [0, 0.05) is 10.7 Å². The highest BCUT2D eigenvalue weighted by Gasteiger charge is 2.29. The number of nitrogens with zero attached hydrogens (tertiary/aromatic N) is 1. The van der Waals surface area contributed by atoms with Crippen LogP contribution in [0, 0.1) is 11.3 Å². The van der Waals surface area contributed by atoms with Crippen LogP contribution in [0.2, 0.25) is 5.02 Å². The number of anilines is 1. The number of halogens is 4. The number of alkyl halides is 3. The van der Waals surface area contributed by atoms with Crippen molar-refractivity contribution in [3.05, 3.63) is 70.3 Å². The van der Waals surface area contributed by atoms with Crippen LogP contribution in [-0.4, -0.2) is 5.91 Å². The van der Waals surface area contributed by atoms with Crippen molar-refractivity contribution in [1.82, 2.24) is 0 Å². The molecular weight excluding hydrogens is 341 g/mol. The molecule has 0 spiro atoms. The summed E-state index contributed by atoms with van der Waals surface area (Å²) in [6, 6.07) is 12.2. The molecule has 2 rings (SSSR count).